The molecule has 6 heteroatoms. The number of carbonyl (C=O) groups is 1. The third kappa shape index (κ3) is 4.64. The number of hydrogen-bond acceptors (Lipinski definition) is 5. The van der Waals surface area contributed by atoms with Crippen molar-refractivity contribution >= 4 is 28.1 Å². The highest BCUT2D eigenvalue weighted by Gasteiger charge is 2.26. The van der Waals surface area contributed by atoms with E-state index in [1.807, 2.05) is 73.7 Å². The zero-order valence-corrected chi connectivity index (χ0v) is 18.5. The molecule has 4 rings (SSSR count). The van der Waals surface area contributed by atoms with Crippen LogP contribution in [0, 0.1) is 20.8 Å². The molecule has 1 amide bonds. The number of amides is 1. The van der Waals surface area contributed by atoms with Crippen LogP contribution in [-0.4, -0.2) is 15.9 Å². The minimum atomic E-state index is -0.258. The van der Waals surface area contributed by atoms with Gasteiger partial charge in [-0.1, -0.05) is 30.3 Å². The first-order valence-corrected chi connectivity index (χ1v) is 10.9. The van der Waals surface area contributed by atoms with Crippen LogP contribution in [-0.2, 0) is 0 Å². The van der Waals surface area contributed by atoms with Crippen molar-refractivity contribution in [3.8, 4) is 0 Å². The molecule has 0 spiro atoms. The molecule has 0 aliphatic rings. The average molecular weight is 429 g/mol. The van der Waals surface area contributed by atoms with Crippen LogP contribution in [0.1, 0.15) is 43.8 Å². The summed E-state index contributed by atoms with van der Waals surface area (Å²) in [6.45, 7) is 6.12. The van der Waals surface area contributed by atoms with Crippen molar-refractivity contribution in [1.82, 2.24) is 9.97 Å². The van der Waals surface area contributed by atoms with Gasteiger partial charge in [0, 0.05) is 27.9 Å². The number of thiophene rings is 1. The molecule has 3 heterocycles. The Bertz CT molecular complexity index is 1190. The van der Waals surface area contributed by atoms with E-state index in [0.717, 1.165) is 38.2 Å². The molecule has 0 aliphatic heterocycles. The van der Waals surface area contributed by atoms with Gasteiger partial charge < -0.3 is 10.6 Å². The molecule has 3 aromatic heterocycles. The van der Waals surface area contributed by atoms with E-state index in [1.54, 1.807) is 17.5 Å². The number of anilines is 2. The highest BCUT2D eigenvalue weighted by atomic mass is 32.1. The lowest BCUT2D eigenvalue weighted by Crippen LogP contribution is -2.18. The van der Waals surface area contributed by atoms with E-state index in [9.17, 15) is 4.79 Å². The van der Waals surface area contributed by atoms with Gasteiger partial charge in [-0.2, -0.15) is 0 Å². The molecule has 31 heavy (non-hydrogen) atoms. The number of hydrogen-bond donors (Lipinski definition) is 2. The summed E-state index contributed by atoms with van der Waals surface area (Å²) >= 11 is 1.58. The highest BCUT2D eigenvalue weighted by Crippen LogP contribution is 2.40. The zero-order chi connectivity index (χ0) is 21.8. The van der Waals surface area contributed by atoms with Gasteiger partial charge in [-0.15, -0.1) is 11.3 Å². The number of aryl methyl sites for hydroxylation is 2. The molecule has 0 aliphatic carbocycles. The van der Waals surface area contributed by atoms with Crippen molar-refractivity contribution in [2.45, 2.75) is 26.8 Å². The predicted molar refractivity (Wildman–Crippen MR) is 127 cm³/mol. The second kappa shape index (κ2) is 9.10. The second-order valence-electron chi connectivity index (χ2n) is 7.34. The number of aromatic nitrogens is 2. The van der Waals surface area contributed by atoms with Crippen molar-refractivity contribution in [2.75, 3.05) is 10.6 Å². The van der Waals surface area contributed by atoms with Gasteiger partial charge in [-0.05, 0) is 62.7 Å². The first-order valence-electron chi connectivity index (χ1n) is 10.1. The predicted octanol–water partition coefficient (Wildman–Crippen LogP) is 5.92. The molecule has 0 bridgehead atoms. The van der Waals surface area contributed by atoms with Gasteiger partial charge in [-0.25, -0.2) is 4.98 Å². The van der Waals surface area contributed by atoms with E-state index in [4.69, 9.17) is 0 Å². The Labute approximate surface area is 186 Å². The molecule has 0 radical (unpaired) electrons. The Hall–Kier alpha value is -3.51. The quantitative estimate of drug-likeness (QED) is 0.400. The monoisotopic (exact) mass is 428 g/mol. The molecule has 0 saturated heterocycles. The molecule has 4 aromatic rings. The fraction of sp³-hybridized carbons (Fsp3) is 0.160. The number of nitrogens with one attached hydrogen (secondary N) is 2. The Kier molecular flexibility index (Phi) is 6.09. The summed E-state index contributed by atoms with van der Waals surface area (Å²) in [5.41, 5.74) is 4.56. The van der Waals surface area contributed by atoms with E-state index in [-0.39, 0.29) is 11.9 Å². The van der Waals surface area contributed by atoms with Gasteiger partial charge in [0.2, 0.25) is 0 Å². The molecule has 1 unspecified atom stereocenters. The van der Waals surface area contributed by atoms with Crippen molar-refractivity contribution in [3.63, 3.8) is 0 Å². The zero-order valence-electron chi connectivity index (χ0n) is 17.7. The molecule has 0 saturated carbocycles. The Morgan fingerprint density at radius 3 is 2.42 bits per heavy atom. The molecular formula is C25H24N4OS. The van der Waals surface area contributed by atoms with Crippen molar-refractivity contribution in [2.24, 2.45) is 0 Å². The third-order valence-corrected chi connectivity index (χ3v) is 6.29. The normalized spacial score (nSPS) is 11.7. The first kappa shape index (κ1) is 20.8. The highest BCUT2D eigenvalue weighted by molar-refractivity contribution is 7.16. The average Bonchev–Trinajstić information content (AvgIpc) is 3.06. The van der Waals surface area contributed by atoms with Gasteiger partial charge in [0.15, 0.2) is 0 Å². The molecular weight excluding hydrogens is 404 g/mol. The molecule has 1 atom stereocenters. The van der Waals surface area contributed by atoms with Crippen molar-refractivity contribution < 1.29 is 4.79 Å². The fourth-order valence-corrected chi connectivity index (χ4v) is 4.56. The molecule has 156 valence electrons. The van der Waals surface area contributed by atoms with Crippen LogP contribution < -0.4 is 10.6 Å². The maximum absolute atomic E-state index is 12.9. The van der Waals surface area contributed by atoms with E-state index < -0.39 is 0 Å². The molecule has 5 nitrogen and oxygen atoms in total. The summed E-state index contributed by atoms with van der Waals surface area (Å²) in [5, 5.41) is 7.49. The van der Waals surface area contributed by atoms with Crippen molar-refractivity contribution in [3.05, 3.63) is 106 Å². The number of pyridine rings is 2. The van der Waals surface area contributed by atoms with Gasteiger partial charge in [0.1, 0.15) is 10.8 Å². The van der Waals surface area contributed by atoms with E-state index >= 15 is 0 Å². The molecule has 1 aromatic carbocycles. The lowest BCUT2D eigenvalue weighted by Gasteiger charge is -2.21. The maximum atomic E-state index is 12.9. The molecule has 0 fully saturated rings. The summed E-state index contributed by atoms with van der Waals surface area (Å²) in [7, 11) is 0. The van der Waals surface area contributed by atoms with Crippen LogP contribution in [0.5, 0.6) is 0 Å². The summed E-state index contributed by atoms with van der Waals surface area (Å²) in [5.74, 6) is 0.635. The Morgan fingerprint density at radius 1 is 0.935 bits per heavy atom. The van der Waals surface area contributed by atoms with Crippen LogP contribution in [0.25, 0.3) is 0 Å². The van der Waals surface area contributed by atoms with Gasteiger partial charge in [0.25, 0.3) is 5.91 Å². The number of carbonyl (C=O) groups excluding carboxylic acids is 1. The summed E-state index contributed by atoms with van der Waals surface area (Å²) in [6.07, 6.45) is 1.78. The van der Waals surface area contributed by atoms with E-state index in [1.165, 1.54) is 0 Å². The minimum Gasteiger partial charge on any atom is -0.357 e. The number of nitrogens with zero attached hydrogens (tertiary/aromatic N) is 2. The standard InChI is InChI=1S/C25H24N4OS/c1-16-10-9-14-21(27-16)28-23(20-13-7-8-15-26-20)22-17(2)18(3)31-25(22)29-24(30)19-11-5-4-6-12-19/h4-15,23H,1-3H3,(H,27,28)(H,29,30). The Balaban J connectivity index is 1.76. The Morgan fingerprint density at radius 2 is 1.71 bits per heavy atom. The fourth-order valence-electron chi connectivity index (χ4n) is 3.46. The number of benzene rings is 1. The first-order chi connectivity index (χ1) is 15.0. The largest absolute Gasteiger partial charge is 0.357 e. The summed E-state index contributed by atoms with van der Waals surface area (Å²) < 4.78 is 0. The van der Waals surface area contributed by atoms with E-state index in [0.29, 0.717) is 5.56 Å². The van der Waals surface area contributed by atoms with Crippen LogP contribution >= 0.6 is 11.3 Å². The van der Waals surface area contributed by atoms with E-state index in [2.05, 4.69) is 34.4 Å². The number of rotatable bonds is 6. The lowest BCUT2D eigenvalue weighted by molar-refractivity contribution is 0.102. The lowest BCUT2D eigenvalue weighted by atomic mass is 10.00. The van der Waals surface area contributed by atoms with Crippen LogP contribution in [0.2, 0.25) is 0 Å². The summed E-state index contributed by atoms with van der Waals surface area (Å²) in [6, 6.07) is 20.7. The van der Waals surface area contributed by atoms with Crippen LogP contribution in [0.3, 0.4) is 0 Å². The minimum absolute atomic E-state index is 0.128. The van der Waals surface area contributed by atoms with Gasteiger partial charge in [-0.3, -0.25) is 9.78 Å². The second-order valence-corrected chi connectivity index (χ2v) is 8.57. The topological polar surface area (TPSA) is 66.9 Å². The smallest absolute Gasteiger partial charge is 0.256 e. The van der Waals surface area contributed by atoms with Gasteiger partial charge >= 0.3 is 0 Å². The van der Waals surface area contributed by atoms with Gasteiger partial charge in [0.05, 0.1) is 11.7 Å². The van der Waals surface area contributed by atoms with Crippen molar-refractivity contribution in [1.29, 1.82) is 0 Å². The maximum Gasteiger partial charge on any atom is 0.256 e. The third-order valence-electron chi connectivity index (χ3n) is 5.15. The molecule has 2 N–H and O–H groups in total. The SMILES string of the molecule is Cc1cccc(NC(c2ccccn2)c2c(NC(=O)c3ccccc3)sc(C)c2C)n1. The summed E-state index contributed by atoms with van der Waals surface area (Å²) in [4.78, 5) is 23.3. The van der Waals surface area contributed by atoms with Crippen LogP contribution in [0.15, 0.2) is 72.9 Å². The van der Waals surface area contributed by atoms with Crippen LogP contribution in [0.4, 0.5) is 10.8 Å².